The number of hydrogen-bond donors (Lipinski definition) is 0. The molecule has 0 aromatic heterocycles. The summed E-state index contributed by atoms with van der Waals surface area (Å²) < 4.78 is 12.7. The minimum atomic E-state index is 0.787. The van der Waals surface area contributed by atoms with Gasteiger partial charge in [-0.05, 0) is 53.4 Å². The molecule has 22 heavy (non-hydrogen) atoms. The molecule has 1 aromatic carbocycles. The van der Waals surface area contributed by atoms with Crippen molar-refractivity contribution in [2.24, 2.45) is 0 Å². The topological polar surface area (TPSA) is 18.5 Å². The van der Waals surface area contributed by atoms with E-state index < -0.39 is 0 Å². The van der Waals surface area contributed by atoms with Crippen molar-refractivity contribution in [3.8, 4) is 11.5 Å². The molecule has 0 bridgehead atoms. The van der Waals surface area contributed by atoms with E-state index >= 15 is 0 Å². The van der Waals surface area contributed by atoms with Crippen LogP contribution in [0.25, 0.3) is 0 Å². The molecule has 0 radical (unpaired) electrons. The Labute approximate surface area is 144 Å². The number of ether oxygens (including phenoxy) is 2. The minimum Gasteiger partial charge on any atom is -0.493 e. The van der Waals surface area contributed by atoms with Crippen molar-refractivity contribution in [3.05, 3.63) is 22.2 Å². The lowest BCUT2D eigenvalue weighted by molar-refractivity contribution is 0.294. The molecular weight excluding hydrogens is 340 g/mol. The molecule has 0 spiro atoms. The minimum absolute atomic E-state index is 0.787. The fourth-order valence-electron chi connectivity index (χ4n) is 2.32. The van der Waals surface area contributed by atoms with Crippen molar-refractivity contribution in [2.75, 3.05) is 13.2 Å². The van der Waals surface area contributed by atoms with Crippen LogP contribution in [0.5, 0.6) is 11.5 Å². The van der Waals surface area contributed by atoms with Crippen LogP contribution >= 0.6 is 15.9 Å². The summed E-state index contributed by atoms with van der Waals surface area (Å²) >= 11 is 3.59. The Hall–Kier alpha value is -0.700. The van der Waals surface area contributed by atoms with Gasteiger partial charge in [-0.25, -0.2) is 0 Å². The van der Waals surface area contributed by atoms with E-state index in [0.717, 1.165) is 47.6 Å². The van der Waals surface area contributed by atoms with Gasteiger partial charge in [0.15, 0.2) is 0 Å². The molecule has 0 atom stereocenters. The standard InChI is InChI=1S/C19H31BrO2/c1-4-6-8-10-12-21-18-15-17(20)19(14-16(18)3)22-13-11-9-7-5-2/h14-15H,4-13H2,1-3H3. The summed E-state index contributed by atoms with van der Waals surface area (Å²) in [7, 11) is 0. The summed E-state index contributed by atoms with van der Waals surface area (Å²) in [5, 5.41) is 0. The summed E-state index contributed by atoms with van der Waals surface area (Å²) in [4.78, 5) is 0. The van der Waals surface area contributed by atoms with Crippen LogP contribution in [0.15, 0.2) is 16.6 Å². The molecule has 0 aliphatic carbocycles. The molecule has 0 N–H and O–H groups in total. The molecule has 0 aliphatic rings. The zero-order valence-corrected chi connectivity index (χ0v) is 16.0. The Morgan fingerprint density at radius 1 is 0.773 bits per heavy atom. The van der Waals surface area contributed by atoms with Crippen molar-refractivity contribution >= 4 is 15.9 Å². The fourth-order valence-corrected chi connectivity index (χ4v) is 2.76. The van der Waals surface area contributed by atoms with Gasteiger partial charge < -0.3 is 9.47 Å². The zero-order chi connectivity index (χ0) is 16.2. The van der Waals surface area contributed by atoms with Crippen LogP contribution in [0.3, 0.4) is 0 Å². The molecule has 3 heteroatoms. The Morgan fingerprint density at radius 3 is 1.86 bits per heavy atom. The van der Waals surface area contributed by atoms with E-state index in [2.05, 4.69) is 42.8 Å². The van der Waals surface area contributed by atoms with Gasteiger partial charge in [0.1, 0.15) is 11.5 Å². The van der Waals surface area contributed by atoms with E-state index in [1.54, 1.807) is 0 Å². The fraction of sp³-hybridized carbons (Fsp3) is 0.684. The molecule has 0 unspecified atom stereocenters. The van der Waals surface area contributed by atoms with Gasteiger partial charge in [0, 0.05) is 0 Å². The molecule has 0 amide bonds. The van der Waals surface area contributed by atoms with Crippen LogP contribution in [0, 0.1) is 6.92 Å². The van der Waals surface area contributed by atoms with Crippen LogP contribution in [0.4, 0.5) is 0 Å². The summed E-state index contributed by atoms with van der Waals surface area (Å²) in [5.41, 5.74) is 1.14. The Bertz CT molecular complexity index is 378. The SMILES string of the molecule is CCCCCCOc1cc(Br)c(OCCCCCC)cc1C. The first-order valence-corrected chi connectivity index (χ1v) is 9.54. The van der Waals surface area contributed by atoms with E-state index in [0.29, 0.717) is 0 Å². The average molecular weight is 371 g/mol. The van der Waals surface area contributed by atoms with Crippen LogP contribution in [-0.4, -0.2) is 13.2 Å². The molecule has 0 saturated heterocycles. The second kappa shape index (κ2) is 11.8. The van der Waals surface area contributed by atoms with Crippen molar-refractivity contribution < 1.29 is 9.47 Å². The van der Waals surface area contributed by atoms with Crippen molar-refractivity contribution in [3.63, 3.8) is 0 Å². The van der Waals surface area contributed by atoms with Crippen LogP contribution in [-0.2, 0) is 0 Å². The number of benzene rings is 1. The highest BCUT2D eigenvalue weighted by atomic mass is 79.9. The first-order valence-electron chi connectivity index (χ1n) is 8.74. The zero-order valence-electron chi connectivity index (χ0n) is 14.4. The van der Waals surface area contributed by atoms with Crippen molar-refractivity contribution in [1.82, 2.24) is 0 Å². The molecule has 0 saturated carbocycles. The lowest BCUT2D eigenvalue weighted by Crippen LogP contribution is -2.01. The Kier molecular flexibility index (Phi) is 10.4. The van der Waals surface area contributed by atoms with Gasteiger partial charge in [-0.3, -0.25) is 0 Å². The van der Waals surface area contributed by atoms with E-state index in [9.17, 15) is 0 Å². The molecule has 2 nitrogen and oxygen atoms in total. The van der Waals surface area contributed by atoms with E-state index in [4.69, 9.17) is 9.47 Å². The maximum Gasteiger partial charge on any atom is 0.134 e. The van der Waals surface area contributed by atoms with Crippen molar-refractivity contribution in [2.45, 2.75) is 72.1 Å². The third-order valence-electron chi connectivity index (χ3n) is 3.74. The van der Waals surface area contributed by atoms with E-state index in [1.807, 2.05) is 6.07 Å². The summed E-state index contributed by atoms with van der Waals surface area (Å²) in [6.45, 7) is 8.11. The predicted octanol–water partition coefficient (Wildman–Crippen LogP) is 6.68. The first-order chi connectivity index (χ1) is 10.7. The highest BCUT2D eigenvalue weighted by molar-refractivity contribution is 9.10. The highest BCUT2D eigenvalue weighted by Gasteiger charge is 2.08. The first kappa shape index (κ1) is 19.3. The molecule has 0 heterocycles. The van der Waals surface area contributed by atoms with Crippen LogP contribution < -0.4 is 9.47 Å². The Balaban J connectivity index is 2.42. The third kappa shape index (κ3) is 7.53. The molecule has 0 fully saturated rings. The van der Waals surface area contributed by atoms with Gasteiger partial charge >= 0.3 is 0 Å². The second-order valence-corrected chi connectivity index (χ2v) is 6.72. The number of rotatable bonds is 12. The van der Waals surface area contributed by atoms with Crippen LogP contribution in [0.1, 0.15) is 70.8 Å². The second-order valence-electron chi connectivity index (χ2n) is 5.87. The number of unbranched alkanes of at least 4 members (excludes halogenated alkanes) is 6. The average Bonchev–Trinajstić information content (AvgIpc) is 2.51. The summed E-state index contributed by atoms with van der Waals surface area (Å²) in [6.07, 6.45) is 9.82. The van der Waals surface area contributed by atoms with Gasteiger partial charge in [0.25, 0.3) is 0 Å². The number of hydrogen-bond acceptors (Lipinski definition) is 2. The lowest BCUT2D eigenvalue weighted by Gasteiger charge is -2.13. The van der Waals surface area contributed by atoms with Gasteiger partial charge in [-0.1, -0.05) is 52.4 Å². The van der Waals surface area contributed by atoms with Gasteiger partial charge in [-0.15, -0.1) is 0 Å². The molecule has 126 valence electrons. The monoisotopic (exact) mass is 370 g/mol. The van der Waals surface area contributed by atoms with E-state index in [-0.39, 0.29) is 0 Å². The maximum atomic E-state index is 5.89. The predicted molar refractivity (Wildman–Crippen MR) is 98.2 cm³/mol. The van der Waals surface area contributed by atoms with Crippen molar-refractivity contribution in [1.29, 1.82) is 0 Å². The highest BCUT2D eigenvalue weighted by Crippen LogP contribution is 2.33. The molecule has 0 aliphatic heterocycles. The molecular formula is C19H31BrO2. The lowest BCUT2D eigenvalue weighted by atomic mass is 10.2. The summed E-state index contributed by atoms with van der Waals surface area (Å²) in [6, 6.07) is 4.11. The maximum absolute atomic E-state index is 5.89. The quantitative estimate of drug-likeness (QED) is 0.382. The van der Waals surface area contributed by atoms with Gasteiger partial charge in [0.05, 0.1) is 17.7 Å². The van der Waals surface area contributed by atoms with Crippen LogP contribution in [0.2, 0.25) is 0 Å². The molecule has 1 rings (SSSR count). The normalized spacial score (nSPS) is 10.7. The summed E-state index contributed by atoms with van der Waals surface area (Å²) in [5.74, 6) is 1.88. The van der Waals surface area contributed by atoms with E-state index in [1.165, 1.54) is 38.5 Å². The van der Waals surface area contributed by atoms with Gasteiger partial charge in [-0.2, -0.15) is 0 Å². The third-order valence-corrected chi connectivity index (χ3v) is 4.36. The van der Waals surface area contributed by atoms with Gasteiger partial charge in [0.2, 0.25) is 0 Å². The number of halogens is 1. The Morgan fingerprint density at radius 2 is 1.32 bits per heavy atom. The largest absolute Gasteiger partial charge is 0.493 e. The molecule has 1 aromatic rings. The number of aryl methyl sites for hydroxylation is 1. The smallest absolute Gasteiger partial charge is 0.134 e.